The van der Waals surface area contributed by atoms with Gasteiger partial charge in [0.25, 0.3) is 0 Å². The summed E-state index contributed by atoms with van der Waals surface area (Å²) in [5.41, 5.74) is 2.74. The van der Waals surface area contributed by atoms with E-state index in [-0.39, 0.29) is 12.2 Å². The van der Waals surface area contributed by atoms with Crippen LogP contribution < -0.4 is 4.74 Å². The average Bonchev–Trinajstić information content (AvgIpc) is 2.43. The summed E-state index contributed by atoms with van der Waals surface area (Å²) in [6, 6.07) is 6.75. The number of hydrogen-bond acceptors (Lipinski definition) is 2. The van der Waals surface area contributed by atoms with E-state index in [2.05, 4.69) is 0 Å². The third-order valence-corrected chi connectivity index (χ3v) is 3.45. The molecule has 2 aromatic carbocycles. The highest BCUT2D eigenvalue weighted by atomic mass is 19.1. The number of Topliss-reactive ketones (excluding diaryl/α,β-unsaturated/α-hetero) is 1. The van der Waals surface area contributed by atoms with Crippen molar-refractivity contribution in [1.82, 2.24) is 0 Å². The molecule has 0 bridgehead atoms. The van der Waals surface area contributed by atoms with Gasteiger partial charge >= 0.3 is 0 Å². The molecule has 2 nitrogen and oxygen atoms in total. The van der Waals surface area contributed by atoms with Gasteiger partial charge in [0, 0.05) is 6.07 Å². The molecule has 0 unspecified atom stereocenters. The lowest BCUT2D eigenvalue weighted by molar-refractivity contribution is 0.0916. The van der Waals surface area contributed by atoms with Gasteiger partial charge in [-0.25, -0.2) is 8.78 Å². The van der Waals surface area contributed by atoms with Gasteiger partial charge in [-0.15, -0.1) is 0 Å². The highest BCUT2D eigenvalue weighted by Crippen LogP contribution is 2.26. The van der Waals surface area contributed by atoms with Gasteiger partial charge in [0.1, 0.15) is 17.4 Å². The topological polar surface area (TPSA) is 26.3 Å². The van der Waals surface area contributed by atoms with Crippen LogP contribution in [-0.2, 0) is 0 Å². The van der Waals surface area contributed by atoms with E-state index >= 15 is 0 Å². The molecular formula is C17H16F2O2. The molecule has 0 aliphatic carbocycles. The van der Waals surface area contributed by atoms with E-state index in [1.54, 1.807) is 0 Å². The molecule has 0 aliphatic rings. The zero-order chi connectivity index (χ0) is 15.6. The Morgan fingerprint density at radius 1 is 1.05 bits per heavy atom. The van der Waals surface area contributed by atoms with Crippen LogP contribution >= 0.6 is 0 Å². The summed E-state index contributed by atoms with van der Waals surface area (Å²) in [7, 11) is 0. The summed E-state index contributed by atoms with van der Waals surface area (Å²) in [4.78, 5) is 12.0. The molecule has 21 heavy (non-hydrogen) atoms. The number of benzene rings is 2. The lowest BCUT2D eigenvalue weighted by atomic mass is 10.1. The third kappa shape index (κ3) is 3.27. The van der Waals surface area contributed by atoms with Crippen molar-refractivity contribution in [3.8, 4) is 5.75 Å². The number of carbonyl (C=O) groups is 1. The summed E-state index contributed by atoms with van der Waals surface area (Å²) in [5.74, 6) is -1.48. The molecule has 0 saturated carbocycles. The first-order valence-electron chi connectivity index (χ1n) is 6.58. The van der Waals surface area contributed by atoms with Gasteiger partial charge in [-0.05, 0) is 49.6 Å². The second-order valence-corrected chi connectivity index (χ2v) is 4.99. The SMILES string of the molecule is Cc1ccc(C)c(OCC(=O)c2ccc(F)cc2F)c1C. The molecule has 110 valence electrons. The first-order chi connectivity index (χ1) is 9.90. The van der Waals surface area contributed by atoms with Gasteiger partial charge in [0.2, 0.25) is 5.78 Å². The molecule has 0 aliphatic heterocycles. The van der Waals surface area contributed by atoms with Crippen LogP contribution in [0, 0.1) is 32.4 Å². The quantitative estimate of drug-likeness (QED) is 0.791. The van der Waals surface area contributed by atoms with Crippen LogP contribution in [0.4, 0.5) is 8.78 Å². The maximum atomic E-state index is 13.5. The second-order valence-electron chi connectivity index (χ2n) is 4.99. The zero-order valence-corrected chi connectivity index (χ0v) is 12.2. The van der Waals surface area contributed by atoms with E-state index in [0.29, 0.717) is 11.8 Å². The fraction of sp³-hybridized carbons (Fsp3) is 0.235. The summed E-state index contributed by atoms with van der Waals surface area (Å²) >= 11 is 0. The molecule has 0 radical (unpaired) electrons. The van der Waals surface area contributed by atoms with E-state index in [0.717, 1.165) is 28.8 Å². The van der Waals surface area contributed by atoms with Crippen LogP contribution in [0.25, 0.3) is 0 Å². The Hall–Kier alpha value is -2.23. The maximum absolute atomic E-state index is 13.5. The van der Waals surface area contributed by atoms with E-state index in [9.17, 15) is 13.6 Å². The van der Waals surface area contributed by atoms with Gasteiger partial charge in [0.15, 0.2) is 6.61 Å². The molecule has 0 atom stereocenters. The Morgan fingerprint density at radius 2 is 1.71 bits per heavy atom. The van der Waals surface area contributed by atoms with Crippen molar-refractivity contribution in [3.63, 3.8) is 0 Å². The fourth-order valence-electron chi connectivity index (χ4n) is 2.08. The summed E-state index contributed by atoms with van der Waals surface area (Å²) in [5, 5.41) is 0. The molecular weight excluding hydrogens is 274 g/mol. The number of hydrogen-bond donors (Lipinski definition) is 0. The minimum atomic E-state index is -0.874. The average molecular weight is 290 g/mol. The van der Waals surface area contributed by atoms with Gasteiger partial charge in [-0.3, -0.25) is 4.79 Å². The van der Waals surface area contributed by atoms with E-state index in [4.69, 9.17) is 4.74 Å². The standard InChI is InChI=1S/C17H16F2O2/c1-10-4-5-11(2)17(12(10)3)21-9-16(20)14-7-6-13(18)8-15(14)19/h4-8H,9H2,1-3H3. The Kier molecular flexibility index (Phi) is 4.36. The third-order valence-electron chi connectivity index (χ3n) is 3.45. The molecule has 0 aromatic heterocycles. The Morgan fingerprint density at radius 3 is 2.38 bits per heavy atom. The number of ketones is 1. The first-order valence-corrected chi connectivity index (χ1v) is 6.58. The Bertz CT molecular complexity index is 693. The first kappa shape index (κ1) is 15.2. The van der Waals surface area contributed by atoms with Crippen molar-refractivity contribution in [3.05, 3.63) is 64.2 Å². The largest absolute Gasteiger partial charge is 0.485 e. The lowest BCUT2D eigenvalue weighted by Crippen LogP contribution is -2.14. The number of halogens is 2. The molecule has 0 amide bonds. The number of aryl methyl sites for hydroxylation is 2. The van der Waals surface area contributed by atoms with Crippen molar-refractivity contribution in [2.75, 3.05) is 6.61 Å². The molecule has 0 N–H and O–H groups in total. The molecule has 0 spiro atoms. The second kappa shape index (κ2) is 6.04. The summed E-state index contributed by atoms with van der Waals surface area (Å²) < 4.78 is 31.9. The van der Waals surface area contributed by atoms with Crippen molar-refractivity contribution >= 4 is 5.78 Å². The summed E-state index contributed by atoms with van der Waals surface area (Å²) in [6.07, 6.45) is 0. The number of rotatable bonds is 4. The molecule has 0 heterocycles. The van der Waals surface area contributed by atoms with Crippen LogP contribution in [0.1, 0.15) is 27.0 Å². The van der Waals surface area contributed by atoms with Crippen molar-refractivity contribution in [2.24, 2.45) is 0 Å². The van der Waals surface area contributed by atoms with E-state index < -0.39 is 17.4 Å². The van der Waals surface area contributed by atoms with Crippen LogP contribution in [0.3, 0.4) is 0 Å². The Balaban J connectivity index is 2.17. The van der Waals surface area contributed by atoms with Gasteiger partial charge < -0.3 is 4.74 Å². The number of carbonyl (C=O) groups excluding carboxylic acids is 1. The van der Waals surface area contributed by atoms with E-state index in [1.807, 2.05) is 32.9 Å². The summed E-state index contributed by atoms with van der Waals surface area (Å²) in [6.45, 7) is 5.45. The monoisotopic (exact) mass is 290 g/mol. The molecule has 0 fully saturated rings. The van der Waals surface area contributed by atoms with Crippen LogP contribution in [0.2, 0.25) is 0 Å². The predicted octanol–water partition coefficient (Wildman–Crippen LogP) is 4.15. The normalized spacial score (nSPS) is 10.5. The van der Waals surface area contributed by atoms with Gasteiger partial charge in [-0.1, -0.05) is 12.1 Å². The van der Waals surface area contributed by atoms with Gasteiger partial charge in [-0.2, -0.15) is 0 Å². The zero-order valence-electron chi connectivity index (χ0n) is 12.2. The van der Waals surface area contributed by atoms with Crippen molar-refractivity contribution in [1.29, 1.82) is 0 Å². The van der Waals surface area contributed by atoms with Crippen molar-refractivity contribution < 1.29 is 18.3 Å². The highest BCUT2D eigenvalue weighted by Gasteiger charge is 2.15. The van der Waals surface area contributed by atoms with Gasteiger partial charge in [0.05, 0.1) is 5.56 Å². The minimum Gasteiger partial charge on any atom is -0.485 e. The van der Waals surface area contributed by atoms with E-state index in [1.165, 1.54) is 0 Å². The molecule has 0 saturated heterocycles. The molecule has 4 heteroatoms. The number of ether oxygens (including phenoxy) is 1. The van der Waals surface area contributed by atoms with Crippen LogP contribution in [0.5, 0.6) is 5.75 Å². The molecule has 2 aromatic rings. The van der Waals surface area contributed by atoms with Crippen LogP contribution in [0.15, 0.2) is 30.3 Å². The lowest BCUT2D eigenvalue weighted by Gasteiger charge is -2.13. The fourth-order valence-corrected chi connectivity index (χ4v) is 2.08. The van der Waals surface area contributed by atoms with Crippen LogP contribution in [-0.4, -0.2) is 12.4 Å². The van der Waals surface area contributed by atoms with Crippen molar-refractivity contribution in [2.45, 2.75) is 20.8 Å². The maximum Gasteiger partial charge on any atom is 0.203 e. The predicted molar refractivity (Wildman–Crippen MR) is 76.8 cm³/mol. The smallest absolute Gasteiger partial charge is 0.203 e. The minimum absolute atomic E-state index is 0.167. The molecule has 2 rings (SSSR count). The Labute approximate surface area is 122 Å². The highest BCUT2D eigenvalue weighted by molar-refractivity contribution is 5.97.